The number of nitrogens with zero attached hydrogens (tertiary/aromatic N) is 1. The molecule has 138 valence electrons. The first-order valence-corrected chi connectivity index (χ1v) is 9.24. The first kappa shape index (κ1) is 17.3. The van der Waals surface area contributed by atoms with Crippen LogP contribution in [0.15, 0.2) is 42.5 Å². The Balaban J connectivity index is 1.56. The second-order valence-corrected chi connectivity index (χ2v) is 7.01. The lowest BCUT2D eigenvalue weighted by Crippen LogP contribution is -2.36. The quantitative estimate of drug-likeness (QED) is 0.653. The number of benzene rings is 2. The predicted octanol–water partition coefficient (Wildman–Crippen LogP) is 3.99. The van der Waals surface area contributed by atoms with E-state index in [0.29, 0.717) is 11.4 Å². The Labute approximate surface area is 156 Å². The van der Waals surface area contributed by atoms with E-state index in [1.807, 2.05) is 12.1 Å². The number of rotatable bonds is 4. The van der Waals surface area contributed by atoms with E-state index in [1.54, 1.807) is 30.3 Å². The van der Waals surface area contributed by atoms with Crippen molar-refractivity contribution in [1.82, 2.24) is 15.3 Å². The number of hydrogen-bond acceptors (Lipinski definition) is 3. The molecule has 6 nitrogen and oxygen atoms in total. The van der Waals surface area contributed by atoms with Crippen molar-refractivity contribution in [1.29, 1.82) is 0 Å². The molecule has 0 aliphatic heterocycles. The minimum atomic E-state index is -0.959. The lowest BCUT2D eigenvalue weighted by atomic mass is 9.95. The molecule has 4 rings (SSSR count). The van der Waals surface area contributed by atoms with Gasteiger partial charge in [-0.25, -0.2) is 9.78 Å². The molecule has 0 atom stereocenters. The van der Waals surface area contributed by atoms with Crippen LogP contribution in [0.4, 0.5) is 0 Å². The standard InChI is InChI=1S/C21H21N3O3/c25-20(22-16-4-2-1-3-5-16)15-10-11-17-18(12-15)24-19(23-17)13-6-8-14(9-7-13)21(26)27/h6-12,16H,1-5H2,(H,22,25)(H,23,24)(H,26,27). The highest BCUT2D eigenvalue weighted by Gasteiger charge is 2.17. The topological polar surface area (TPSA) is 95.1 Å². The van der Waals surface area contributed by atoms with Crippen molar-refractivity contribution in [2.75, 3.05) is 0 Å². The summed E-state index contributed by atoms with van der Waals surface area (Å²) in [5.41, 5.74) is 3.19. The molecule has 6 heteroatoms. The van der Waals surface area contributed by atoms with Crippen molar-refractivity contribution in [3.8, 4) is 11.4 Å². The van der Waals surface area contributed by atoms with Gasteiger partial charge in [-0.05, 0) is 43.2 Å². The maximum absolute atomic E-state index is 12.5. The number of amides is 1. The second kappa shape index (κ2) is 7.23. The number of carboxylic acids is 1. The molecule has 2 aromatic carbocycles. The average Bonchev–Trinajstić information content (AvgIpc) is 3.12. The van der Waals surface area contributed by atoms with Crippen LogP contribution in [-0.2, 0) is 0 Å². The molecule has 0 bridgehead atoms. The number of aromatic amines is 1. The number of imidazole rings is 1. The lowest BCUT2D eigenvalue weighted by Gasteiger charge is -2.22. The maximum Gasteiger partial charge on any atom is 0.335 e. The molecule has 27 heavy (non-hydrogen) atoms. The van der Waals surface area contributed by atoms with Crippen LogP contribution in [0.3, 0.4) is 0 Å². The minimum Gasteiger partial charge on any atom is -0.478 e. The normalized spacial score (nSPS) is 15.0. The van der Waals surface area contributed by atoms with Gasteiger partial charge in [-0.15, -0.1) is 0 Å². The van der Waals surface area contributed by atoms with Crippen LogP contribution in [-0.4, -0.2) is 33.0 Å². The highest BCUT2D eigenvalue weighted by atomic mass is 16.4. The Morgan fingerprint density at radius 2 is 1.70 bits per heavy atom. The lowest BCUT2D eigenvalue weighted by molar-refractivity contribution is 0.0696. The highest BCUT2D eigenvalue weighted by molar-refractivity contribution is 5.98. The van der Waals surface area contributed by atoms with Crippen molar-refractivity contribution in [2.45, 2.75) is 38.1 Å². The highest BCUT2D eigenvalue weighted by Crippen LogP contribution is 2.23. The molecular formula is C21H21N3O3. The first-order valence-electron chi connectivity index (χ1n) is 9.24. The Morgan fingerprint density at radius 3 is 2.41 bits per heavy atom. The number of aromatic carboxylic acids is 1. The van der Waals surface area contributed by atoms with Gasteiger partial charge in [0.05, 0.1) is 16.6 Å². The fraction of sp³-hybridized carbons (Fsp3) is 0.286. The number of carbonyl (C=O) groups is 2. The van der Waals surface area contributed by atoms with E-state index in [1.165, 1.54) is 19.3 Å². The molecule has 1 amide bonds. The Bertz CT molecular complexity index is 986. The molecule has 1 aliphatic rings. The van der Waals surface area contributed by atoms with E-state index in [0.717, 1.165) is 29.4 Å². The number of carbonyl (C=O) groups excluding carboxylic acids is 1. The van der Waals surface area contributed by atoms with Gasteiger partial charge in [0.2, 0.25) is 0 Å². The van der Waals surface area contributed by atoms with Gasteiger partial charge in [0.25, 0.3) is 5.91 Å². The van der Waals surface area contributed by atoms with Crippen LogP contribution in [0.2, 0.25) is 0 Å². The second-order valence-electron chi connectivity index (χ2n) is 7.01. The van der Waals surface area contributed by atoms with Crippen LogP contribution in [0.5, 0.6) is 0 Å². The fourth-order valence-electron chi connectivity index (χ4n) is 3.57. The number of aromatic nitrogens is 2. The summed E-state index contributed by atoms with van der Waals surface area (Å²) >= 11 is 0. The van der Waals surface area contributed by atoms with Crippen LogP contribution < -0.4 is 5.32 Å². The van der Waals surface area contributed by atoms with E-state index in [9.17, 15) is 9.59 Å². The summed E-state index contributed by atoms with van der Waals surface area (Å²) < 4.78 is 0. The number of fused-ring (bicyclic) bond motifs is 1. The molecule has 1 aliphatic carbocycles. The van der Waals surface area contributed by atoms with Crippen molar-refractivity contribution in [3.63, 3.8) is 0 Å². The molecule has 0 unspecified atom stereocenters. The summed E-state index contributed by atoms with van der Waals surface area (Å²) in [6.07, 6.45) is 5.70. The van der Waals surface area contributed by atoms with Crippen LogP contribution in [0, 0.1) is 0 Å². The van der Waals surface area contributed by atoms with Gasteiger partial charge in [0.1, 0.15) is 5.82 Å². The van der Waals surface area contributed by atoms with Gasteiger partial charge in [-0.2, -0.15) is 0 Å². The number of H-pyrrole nitrogens is 1. The Hall–Kier alpha value is -3.15. The minimum absolute atomic E-state index is 0.0502. The molecular weight excluding hydrogens is 342 g/mol. The molecule has 1 fully saturated rings. The van der Waals surface area contributed by atoms with Gasteiger partial charge >= 0.3 is 5.97 Å². The zero-order chi connectivity index (χ0) is 18.8. The number of carboxylic acid groups (broad SMARTS) is 1. The van der Waals surface area contributed by atoms with E-state index >= 15 is 0 Å². The molecule has 1 aromatic heterocycles. The van der Waals surface area contributed by atoms with Gasteiger partial charge in [-0.1, -0.05) is 31.4 Å². The average molecular weight is 363 g/mol. The largest absolute Gasteiger partial charge is 0.478 e. The van der Waals surface area contributed by atoms with Gasteiger partial charge in [-0.3, -0.25) is 4.79 Å². The van der Waals surface area contributed by atoms with Crippen molar-refractivity contribution < 1.29 is 14.7 Å². The molecule has 3 aromatic rings. The van der Waals surface area contributed by atoms with E-state index < -0.39 is 5.97 Å². The molecule has 0 saturated heterocycles. The predicted molar refractivity (Wildman–Crippen MR) is 103 cm³/mol. The summed E-state index contributed by atoms with van der Waals surface area (Å²) in [5.74, 6) is -0.364. The third-order valence-electron chi connectivity index (χ3n) is 5.09. The van der Waals surface area contributed by atoms with Crippen molar-refractivity contribution in [2.24, 2.45) is 0 Å². The van der Waals surface area contributed by atoms with Crippen molar-refractivity contribution >= 4 is 22.9 Å². The summed E-state index contributed by atoms with van der Waals surface area (Å²) in [6, 6.07) is 12.2. The van der Waals surface area contributed by atoms with Crippen LogP contribution >= 0.6 is 0 Å². The summed E-state index contributed by atoms with van der Waals surface area (Å²) in [6.45, 7) is 0. The van der Waals surface area contributed by atoms with Gasteiger partial charge < -0.3 is 15.4 Å². The smallest absolute Gasteiger partial charge is 0.335 e. The molecule has 0 radical (unpaired) electrons. The number of hydrogen-bond donors (Lipinski definition) is 3. The summed E-state index contributed by atoms with van der Waals surface area (Å²) in [7, 11) is 0. The Kier molecular flexibility index (Phi) is 4.62. The maximum atomic E-state index is 12.5. The third-order valence-corrected chi connectivity index (χ3v) is 5.09. The SMILES string of the molecule is O=C(O)c1ccc(-c2nc3ccc(C(=O)NC4CCCCC4)cc3[nH]2)cc1. The van der Waals surface area contributed by atoms with E-state index in [-0.39, 0.29) is 17.5 Å². The van der Waals surface area contributed by atoms with E-state index in [4.69, 9.17) is 5.11 Å². The van der Waals surface area contributed by atoms with E-state index in [2.05, 4.69) is 15.3 Å². The molecule has 3 N–H and O–H groups in total. The monoisotopic (exact) mass is 363 g/mol. The first-order chi connectivity index (χ1) is 13.1. The summed E-state index contributed by atoms with van der Waals surface area (Å²) in [5, 5.41) is 12.1. The summed E-state index contributed by atoms with van der Waals surface area (Å²) in [4.78, 5) is 31.3. The number of nitrogens with one attached hydrogen (secondary N) is 2. The zero-order valence-electron chi connectivity index (χ0n) is 14.9. The van der Waals surface area contributed by atoms with Gasteiger partial charge in [0.15, 0.2) is 0 Å². The molecule has 1 saturated carbocycles. The van der Waals surface area contributed by atoms with Crippen LogP contribution in [0.1, 0.15) is 52.8 Å². The Morgan fingerprint density at radius 1 is 1.00 bits per heavy atom. The fourth-order valence-corrected chi connectivity index (χ4v) is 3.57. The third kappa shape index (κ3) is 3.69. The molecule has 0 spiro atoms. The van der Waals surface area contributed by atoms with Crippen LogP contribution in [0.25, 0.3) is 22.4 Å². The zero-order valence-corrected chi connectivity index (χ0v) is 14.9. The van der Waals surface area contributed by atoms with Gasteiger partial charge in [0, 0.05) is 17.2 Å². The van der Waals surface area contributed by atoms with Crippen molar-refractivity contribution in [3.05, 3.63) is 53.6 Å². The molecule has 1 heterocycles.